The third-order valence-corrected chi connectivity index (χ3v) is 6.74. The van der Waals surface area contributed by atoms with E-state index in [9.17, 15) is 4.57 Å². The number of aromatic amines is 1. The van der Waals surface area contributed by atoms with E-state index in [-0.39, 0.29) is 5.71 Å². The molecule has 33 heavy (non-hydrogen) atoms. The van der Waals surface area contributed by atoms with Crippen LogP contribution in [-0.4, -0.2) is 68.8 Å². The van der Waals surface area contributed by atoms with Crippen LogP contribution in [0.15, 0.2) is 42.5 Å². The van der Waals surface area contributed by atoms with Gasteiger partial charge in [-0.25, -0.2) is 4.57 Å². The first-order valence-electron chi connectivity index (χ1n) is 10.7. The summed E-state index contributed by atoms with van der Waals surface area (Å²) < 4.78 is 33.8. The molecule has 10 heteroatoms. The highest BCUT2D eigenvalue weighted by Crippen LogP contribution is 2.43. The molecule has 0 amide bonds. The lowest BCUT2D eigenvalue weighted by molar-refractivity contribution is 0.0322. The molecule has 1 aliphatic heterocycles. The highest BCUT2D eigenvalue weighted by Gasteiger charge is 2.19. The van der Waals surface area contributed by atoms with Gasteiger partial charge in [-0.2, -0.15) is 0 Å². The SMILES string of the molecule is COP(C)(=O)Oc1ccc(N)c(C(=N)c2cc3cc(OCCN4CCOCC4)ccc3[nH]2)c1. The van der Waals surface area contributed by atoms with Crippen LogP contribution in [-0.2, 0) is 13.8 Å². The molecule has 1 fully saturated rings. The van der Waals surface area contributed by atoms with Gasteiger partial charge in [-0.1, -0.05) is 0 Å². The summed E-state index contributed by atoms with van der Waals surface area (Å²) in [7, 11) is -1.90. The van der Waals surface area contributed by atoms with Gasteiger partial charge in [0.15, 0.2) is 0 Å². The molecule has 0 aliphatic carbocycles. The lowest BCUT2D eigenvalue weighted by Gasteiger charge is -2.26. The van der Waals surface area contributed by atoms with E-state index in [0.29, 0.717) is 29.3 Å². The van der Waals surface area contributed by atoms with Crippen molar-refractivity contribution in [3.63, 3.8) is 0 Å². The van der Waals surface area contributed by atoms with Crippen LogP contribution in [0.4, 0.5) is 5.69 Å². The topological polar surface area (TPSA) is 123 Å². The number of nitrogens with two attached hydrogens (primary N) is 1. The highest BCUT2D eigenvalue weighted by atomic mass is 31.2. The first-order valence-corrected chi connectivity index (χ1v) is 12.7. The minimum atomic E-state index is -3.22. The van der Waals surface area contributed by atoms with E-state index in [1.165, 1.54) is 13.8 Å². The van der Waals surface area contributed by atoms with E-state index < -0.39 is 7.60 Å². The van der Waals surface area contributed by atoms with Crippen LogP contribution in [0.2, 0.25) is 0 Å². The summed E-state index contributed by atoms with van der Waals surface area (Å²) in [5.41, 5.74) is 8.70. The van der Waals surface area contributed by atoms with Crippen molar-refractivity contribution in [3.8, 4) is 11.5 Å². The first kappa shape index (κ1) is 23.3. The smallest absolute Gasteiger partial charge is 0.375 e. The molecule has 4 N–H and O–H groups in total. The van der Waals surface area contributed by atoms with Gasteiger partial charge in [0.1, 0.15) is 18.1 Å². The van der Waals surface area contributed by atoms with E-state index in [1.807, 2.05) is 24.3 Å². The van der Waals surface area contributed by atoms with Crippen molar-refractivity contribution in [2.45, 2.75) is 0 Å². The van der Waals surface area contributed by atoms with Gasteiger partial charge < -0.3 is 29.2 Å². The van der Waals surface area contributed by atoms with Crippen LogP contribution in [0.5, 0.6) is 11.5 Å². The van der Waals surface area contributed by atoms with Gasteiger partial charge in [0.2, 0.25) is 0 Å². The number of hydrogen-bond donors (Lipinski definition) is 3. The van der Waals surface area contributed by atoms with Gasteiger partial charge in [-0.05, 0) is 42.5 Å². The van der Waals surface area contributed by atoms with E-state index >= 15 is 0 Å². The maximum absolute atomic E-state index is 12.1. The number of rotatable bonds is 9. The zero-order valence-electron chi connectivity index (χ0n) is 18.8. The van der Waals surface area contributed by atoms with Gasteiger partial charge >= 0.3 is 7.60 Å². The average molecular weight is 472 g/mol. The minimum Gasteiger partial charge on any atom is -0.492 e. The predicted molar refractivity (Wildman–Crippen MR) is 129 cm³/mol. The second kappa shape index (κ2) is 9.97. The molecule has 0 radical (unpaired) electrons. The van der Waals surface area contributed by atoms with Crippen LogP contribution in [0.1, 0.15) is 11.3 Å². The number of fused-ring (bicyclic) bond motifs is 1. The van der Waals surface area contributed by atoms with E-state index in [2.05, 4.69) is 9.88 Å². The molecule has 0 spiro atoms. The highest BCUT2D eigenvalue weighted by molar-refractivity contribution is 7.53. The zero-order chi connectivity index (χ0) is 23.4. The summed E-state index contributed by atoms with van der Waals surface area (Å²) >= 11 is 0. The van der Waals surface area contributed by atoms with E-state index in [0.717, 1.165) is 49.5 Å². The Morgan fingerprint density at radius 3 is 2.70 bits per heavy atom. The number of anilines is 1. The maximum Gasteiger partial charge on any atom is 0.375 e. The molecule has 1 unspecified atom stereocenters. The molecule has 4 rings (SSSR count). The number of benzene rings is 2. The Hall–Kier alpha value is -2.84. The van der Waals surface area contributed by atoms with Crippen LogP contribution in [0.3, 0.4) is 0 Å². The Morgan fingerprint density at radius 2 is 1.94 bits per heavy atom. The van der Waals surface area contributed by atoms with Crippen molar-refractivity contribution in [1.82, 2.24) is 9.88 Å². The van der Waals surface area contributed by atoms with E-state index in [4.69, 9.17) is 29.7 Å². The second-order valence-electron chi connectivity index (χ2n) is 7.90. The van der Waals surface area contributed by atoms with Crippen molar-refractivity contribution in [1.29, 1.82) is 5.41 Å². The zero-order valence-corrected chi connectivity index (χ0v) is 19.7. The number of H-pyrrole nitrogens is 1. The predicted octanol–water partition coefficient (Wildman–Crippen LogP) is 3.73. The summed E-state index contributed by atoms with van der Waals surface area (Å²) in [6.07, 6.45) is 0. The fourth-order valence-corrected chi connectivity index (χ4v) is 4.21. The van der Waals surface area contributed by atoms with Gasteiger partial charge in [-0.15, -0.1) is 0 Å². The van der Waals surface area contributed by atoms with Gasteiger partial charge in [0, 0.05) is 55.6 Å². The molecule has 1 aliphatic rings. The van der Waals surface area contributed by atoms with Crippen LogP contribution in [0, 0.1) is 5.41 Å². The van der Waals surface area contributed by atoms with Crippen molar-refractivity contribution in [2.24, 2.45) is 0 Å². The fourth-order valence-electron chi connectivity index (χ4n) is 3.64. The summed E-state index contributed by atoms with van der Waals surface area (Å²) in [4.78, 5) is 5.58. The standard InChI is InChI=1S/C23H29N4O5P/c1-29-33(2,28)32-18-3-5-20(24)19(15-18)23(25)22-14-16-13-17(4-6-21(16)26-22)31-12-9-27-7-10-30-11-8-27/h3-6,13-15,25-26H,7-12,24H2,1-2H3. The number of nitrogen functional groups attached to an aromatic ring is 1. The van der Waals surface area contributed by atoms with Crippen LogP contribution >= 0.6 is 7.60 Å². The van der Waals surface area contributed by atoms with Gasteiger partial charge in [0.05, 0.1) is 24.6 Å². The summed E-state index contributed by atoms with van der Waals surface area (Å²) in [5.74, 6) is 1.10. The summed E-state index contributed by atoms with van der Waals surface area (Å²) in [6.45, 7) is 6.25. The normalized spacial score (nSPS) is 16.4. The first-order chi connectivity index (χ1) is 15.8. The quantitative estimate of drug-likeness (QED) is 0.246. The fraction of sp³-hybridized carbons (Fsp3) is 0.348. The molecule has 0 saturated carbocycles. The molecule has 9 nitrogen and oxygen atoms in total. The lowest BCUT2D eigenvalue weighted by Crippen LogP contribution is -2.38. The van der Waals surface area contributed by atoms with Crippen molar-refractivity contribution >= 4 is 29.9 Å². The molecule has 0 bridgehead atoms. The van der Waals surface area contributed by atoms with Crippen LogP contribution in [0.25, 0.3) is 10.9 Å². The Labute approximate surface area is 192 Å². The minimum absolute atomic E-state index is 0.201. The summed E-state index contributed by atoms with van der Waals surface area (Å²) in [5, 5.41) is 9.61. The Bertz CT molecular complexity index is 1190. The van der Waals surface area contributed by atoms with Gasteiger partial charge in [-0.3, -0.25) is 10.3 Å². The molecule has 3 aromatic rings. The largest absolute Gasteiger partial charge is 0.492 e. The molecule has 1 atom stereocenters. The summed E-state index contributed by atoms with van der Waals surface area (Å²) in [6, 6.07) is 12.5. The number of nitrogens with one attached hydrogen (secondary N) is 2. The molecular formula is C23H29N4O5P. The van der Waals surface area contributed by atoms with Crippen molar-refractivity contribution < 1.29 is 23.1 Å². The molecular weight excluding hydrogens is 443 g/mol. The monoisotopic (exact) mass is 472 g/mol. The average Bonchev–Trinajstić information content (AvgIpc) is 3.24. The van der Waals surface area contributed by atoms with Gasteiger partial charge in [0.25, 0.3) is 0 Å². The van der Waals surface area contributed by atoms with E-state index in [1.54, 1.807) is 18.2 Å². The van der Waals surface area contributed by atoms with Crippen molar-refractivity contribution in [3.05, 3.63) is 53.7 Å². The molecule has 1 aromatic heterocycles. The third-order valence-electron chi connectivity index (χ3n) is 5.54. The van der Waals surface area contributed by atoms with Crippen molar-refractivity contribution in [2.75, 3.05) is 59.0 Å². The molecule has 176 valence electrons. The molecule has 2 heterocycles. The van der Waals surface area contributed by atoms with Crippen LogP contribution < -0.4 is 15.0 Å². The number of hydrogen-bond acceptors (Lipinski definition) is 8. The number of nitrogens with zero attached hydrogens (tertiary/aromatic N) is 1. The maximum atomic E-state index is 12.1. The number of ether oxygens (including phenoxy) is 2. The molecule has 1 saturated heterocycles. The number of morpholine rings is 1. The second-order valence-corrected chi connectivity index (χ2v) is 9.99. The lowest BCUT2D eigenvalue weighted by atomic mass is 10.0. The number of aromatic nitrogens is 1. The Balaban J connectivity index is 1.48. The molecule has 2 aromatic carbocycles. The Kier molecular flexibility index (Phi) is 7.05. The Morgan fingerprint density at radius 1 is 1.18 bits per heavy atom. The third kappa shape index (κ3) is 5.75.